The molecule has 2 amide bonds. The van der Waals surface area contributed by atoms with Gasteiger partial charge in [0.2, 0.25) is 11.8 Å². The van der Waals surface area contributed by atoms with E-state index in [0.717, 1.165) is 56.5 Å². The van der Waals surface area contributed by atoms with Crippen LogP contribution in [0.15, 0.2) is 94.9 Å². The summed E-state index contributed by atoms with van der Waals surface area (Å²) >= 11 is 2.87. The van der Waals surface area contributed by atoms with Gasteiger partial charge in [-0.05, 0) is 123 Å². The molecule has 46 heavy (non-hydrogen) atoms. The van der Waals surface area contributed by atoms with Crippen molar-refractivity contribution in [2.24, 2.45) is 9.98 Å². The van der Waals surface area contributed by atoms with Crippen molar-refractivity contribution < 1.29 is 19.1 Å². The van der Waals surface area contributed by atoms with E-state index in [9.17, 15) is 9.59 Å². The lowest BCUT2D eigenvalue weighted by atomic mass is 9.99. The zero-order valence-electron chi connectivity index (χ0n) is 26.1. The van der Waals surface area contributed by atoms with Crippen LogP contribution in [0, 0.1) is 13.8 Å². The zero-order valence-corrected chi connectivity index (χ0v) is 27.8. The molecule has 2 saturated heterocycles. The maximum absolute atomic E-state index is 13.0. The summed E-state index contributed by atoms with van der Waals surface area (Å²) in [5.41, 5.74) is 7.11. The number of thioether (sulfide) groups is 2. The molecule has 0 bridgehead atoms. The van der Waals surface area contributed by atoms with Gasteiger partial charge in [0.1, 0.15) is 11.5 Å². The molecule has 0 aromatic heterocycles. The maximum Gasteiger partial charge on any atom is 0.243 e. The molecule has 0 spiro atoms. The number of hydrogen-bond donors (Lipinski definition) is 0. The van der Waals surface area contributed by atoms with Gasteiger partial charge < -0.3 is 9.47 Å². The third kappa shape index (κ3) is 6.68. The minimum atomic E-state index is 0.00147. The minimum absolute atomic E-state index is 0.00147. The number of carbonyl (C=O) groups is 2. The van der Waals surface area contributed by atoms with Crippen LogP contribution >= 0.6 is 23.5 Å². The van der Waals surface area contributed by atoms with E-state index in [0.29, 0.717) is 35.1 Å². The Morgan fingerprint density at radius 1 is 0.609 bits per heavy atom. The van der Waals surface area contributed by atoms with Crippen molar-refractivity contribution in [3.63, 3.8) is 0 Å². The lowest BCUT2D eigenvalue weighted by Crippen LogP contribution is -2.29. The first-order valence-corrected chi connectivity index (χ1v) is 17.1. The van der Waals surface area contributed by atoms with Crippen LogP contribution in [-0.2, 0) is 9.59 Å². The van der Waals surface area contributed by atoms with Gasteiger partial charge in [-0.25, -0.2) is 9.98 Å². The molecule has 0 saturated carbocycles. The molecule has 0 atom stereocenters. The summed E-state index contributed by atoms with van der Waals surface area (Å²) in [6, 6.07) is 27.3. The third-order valence-corrected chi connectivity index (χ3v) is 9.33. The van der Waals surface area contributed by atoms with Gasteiger partial charge in [0.15, 0.2) is 10.3 Å². The standard InChI is InChI=1S/C36H34N4O4S2/c1-5-43-29-13-9-27(10-14-29)37-35-39(33(41)21-45-35)31-17-7-25(19-23(31)3)26-8-18-32(24(4)20-26)40-34(42)22-46-36(40)38-28-11-15-30(16-12-28)44-6-2/h7-20H,5-6,21-22H2,1-4H3. The molecule has 2 aliphatic heterocycles. The number of rotatable bonds is 9. The molecule has 2 fully saturated rings. The molecule has 0 aliphatic carbocycles. The van der Waals surface area contributed by atoms with Gasteiger partial charge in [-0.15, -0.1) is 0 Å². The largest absolute Gasteiger partial charge is 0.494 e. The van der Waals surface area contributed by atoms with E-state index in [2.05, 4.69) is 12.1 Å². The van der Waals surface area contributed by atoms with Crippen molar-refractivity contribution in [1.82, 2.24) is 0 Å². The van der Waals surface area contributed by atoms with Crippen molar-refractivity contribution in [3.05, 3.63) is 96.1 Å². The molecule has 2 aliphatic rings. The summed E-state index contributed by atoms with van der Waals surface area (Å²) in [6.45, 7) is 9.11. The topological polar surface area (TPSA) is 83.8 Å². The first-order valence-electron chi connectivity index (χ1n) is 15.1. The number of aryl methyl sites for hydroxylation is 2. The summed E-state index contributed by atoms with van der Waals surface area (Å²) in [5, 5.41) is 1.31. The second-order valence-corrected chi connectivity index (χ2v) is 12.6. The Morgan fingerprint density at radius 3 is 1.35 bits per heavy atom. The summed E-state index contributed by atoms with van der Waals surface area (Å²) in [5.74, 6) is 2.26. The molecule has 0 unspecified atom stereocenters. The van der Waals surface area contributed by atoms with Crippen LogP contribution in [-0.4, -0.2) is 46.9 Å². The van der Waals surface area contributed by atoms with Crippen LogP contribution < -0.4 is 19.3 Å². The highest BCUT2D eigenvalue weighted by atomic mass is 32.2. The number of hydrogen-bond acceptors (Lipinski definition) is 8. The number of benzene rings is 4. The predicted octanol–water partition coefficient (Wildman–Crippen LogP) is 8.30. The maximum atomic E-state index is 13.0. The fourth-order valence-corrected chi connectivity index (χ4v) is 7.09. The van der Waals surface area contributed by atoms with Gasteiger partial charge in [-0.3, -0.25) is 19.4 Å². The highest BCUT2D eigenvalue weighted by Crippen LogP contribution is 2.37. The molecule has 6 rings (SSSR count). The van der Waals surface area contributed by atoms with Gasteiger partial charge in [-0.2, -0.15) is 0 Å². The second-order valence-electron chi connectivity index (χ2n) is 10.7. The first kappa shape index (κ1) is 31.4. The fourth-order valence-electron chi connectivity index (χ4n) is 5.32. The Morgan fingerprint density at radius 2 is 1.00 bits per heavy atom. The van der Waals surface area contributed by atoms with Crippen LogP contribution in [0.1, 0.15) is 25.0 Å². The van der Waals surface area contributed by atoms with E-state index >= 15 is 0 Å². The molecule has 4 aromatic rings. The van der Waals surface area contributed by atoms with Crippen molar-refractivity contribution in [2.45, 2.75) is 27.7 Å². The van der Waals surface area contributed by atoms with Crippen molar-refractivity contribution in [3.8, 4) is 22.6 Å². The molecule has 0 radical (unpaired) electrons. The van der Waals surface area contributed by atoms with Gasteiger partial charge >= 0.3 is 0 Å². The van der Waals surface area contributed by atoms with E-state index in [1.807, 2.05) is 100 Å². The molecule has 8 nitrogen and oxygen atoms in total. The second kappa shape index (κ2) is 13.8. The number of nitrogens with zero attached hydrogens (tertiary/aromatic N) is 4. The van der Waals surface area contributed by atoms with Crippen LogP contribution in [0.5, 0.6) is 11.5 Å². The molecule has 0 N–H and O–H groups in total. The van der Waals surface area contributed by atoms with Gasteiger partial charge in [0.25, 0.3) is 0 Å². The average Bonchev–Trinajstić information content (AvgIpc) is 3.60. The molecule has 4 aromatic carbocycles. The van der Waals surface area contributed by atoms with Crippen molar-refractivity contribution >= 4 is 68.4 Å². The van der Waals surface area contributed by atoms with Gasteiger partial charge in [-0.1, -0.05) is 35.7 Å². The Labute approximate surface area is 277 Å². The van der Waals surface area contributed by atoms with Gasteiger partial charge in [0.05, 0.1) is 47.5 Å². The molecule has 2 heterocycles. The number of amidine groups is 2. The predicted molar refractivity (Wildman–Crippen MR) is 191 cm³/mol. The minimum Gasteiger partial charge on any atom is -0.494 e. The highest BCUT2D eigenvalue weighted by molar-refractivity contribution is 8.15. The Kier molecular flexibility index (Phi) is 9.46. The van der Waals surface area contributed by atoms with Crippen LogP contribution in [0.25, 0.3) is 11.1 Å². The SMILES string of the molecule is CCOc1ccc(N=C2SCC(=O)N2c2ccc(-c3ccc(N4C(=O)CSC4=Nc4ccc(OCC)cc4)c(C)c3)cc2C)cc1. The summed E-state index contributed by atoms with van der Waals surface area (Å²) < 4.78 is 11.1. The Hall–Kier alpha value is -4.54. The van der Waals surface area contributed by atoms with Crippen LogP contribution in [0.2, 0.25) is 0 Å². The van der Waals surface area contributed by atoms with Gasteiger partial charge in [0, 0.05) is 0 Å². The highest BCUT2D eigenvalue weighted by Gasteiger charge is 2.32. The lowest BCUT2D eigenvalue weighted by molar-refractivity contribution is -0.115. The normalized spacial score (nSPS) is 16.6. The smallest absolute Gasteiger partial charge is 0.243 e. The first-order chi connectivity index (χ1) is 22.3. The number of aliphatic imine (C=N–C) groups is 2. The van der Waals surface area contributed by atoms with Crippen molar-refractivity contribution in [2.75, 3.05) is 34.5 Å². The van der Waals surface area contributed by atoms with E-state index in [-0.39, 0.29) is 11.8 Å². The monoisotopic (exact) mass is 650 g/mol. The molecule has 234 valence electrons. The van der Waals surface area contributed by atoms with Crippen LogP contribution in [0.4, 0.5) is 22.7 Å². The van der Waals surface area contributed by atoms with E-state index in [1.54, 1.807) is 9.80 Å². The quantitative estimate of drug-likeness (QED) is 0.181. The number of amides is 2. The molecular weight excluding hydrogens is 617 g/mol. The van der Waals surface area contributed by atoms with Crippen molar-refractivity contribution in [1.29, 1.82) is 0 Å². The fraction of sp³-hybridized carbons (Fsp3) is 0.222. The molecule has 10 heteroatoms. The number of carbonyl (C=O) groups excluding carboxylic acids is 2. The number of anilines is 2. The summed E-state index contributed by atoms with van der Waals surface area (Å²) in [4.78, 5) is 39.0. The third-order valence-electron chi connectivity index (χ3n) is 7.48. The van der Waals surface area contributed by atoms with E-state index in [1.165, 1.54) is 23.5 Å². The Bertz CT molecular complexity index is 1700. The average molecular weight is 651 g/mol. The lowest BCUT2D eigenvalue weighted by Gasteiger charge is -2.21. The molecular formula is C36H34N4O4S2. The Balaban J connectivity index is 1.24. The summed E-state index contributed by atoms with van der Waals surface area (Å²) in [6.07, 6.45) is 0. The van der Waals surface area contributed by atoms with Crippen LogP contribution in [0.3, 0.4) is 0 Å². The number of ether oxygens (including phenoxy) is 2. The van der Waals surface area contributed by atoms with E-state index in [4.69, 9.17) is 19.5 Å². The van der Waals surface area contributed by atoms with E-state index < -0.39 is 0 Å². The zero-order chi connectivity index (χ0) is 32.2. The summed E-state index contributed by atoms with van der Waals surface area (Å²) in [7, 11) is 0.